The van der Waals surface area contributed by atoms with Crippen LogP contribution in [-0.2, 0) is 11.3 Å². The molecule has 0 radical (unpaired) electrons. The van der Waals surface area contributed by atoms with Crippen molar-refractivity contribution < 1.29 is 9.59 Å². The number of aryl methyl sites for hydroxylation is 1. The van der Waals surface area contributed by atoms with Gasteiger partial charge in [-0.1, -0.05) is 48.0 Å². The number of anilines is 2. The largest absolute Gasteiger partial charge is 0.376 e. The molecule has 0 atom stereocenters. The van der Waals surface area contributed by atoms with E-state index in [4.69, 9.17) is 11.6 Å². The van der Waals surface area contributed by atoms with Crippen molar-refractivity contribution in [3.8, 4) is 0 Å². The van der Waals surface area contributed by atoms with E-state index in [0.29, 0.717) is 22.8 Å². The molecular weight excluding hydrogens is 386 g/mol. The van der Waals surface area contributed by atoms with Crippen molar-refractivity contribution in [2.75, 3.05) is 17.2 Å². The number of amides is 2. The normalized spacial score (nSPS) is 10.3. The molecule has 3 aromatic rings. The van der Waals surface area contributed by atoms with Gasteiger partial charge in [-0.15, -0.1) is 0 Å². The molecule has 148 valence electrons. The molecule has 5 nitrogen and oxygen atoms in total. The van der Waals surface area contributed by atoms with E-state index in [9.17, 15) is 9.59 Å². The number of rotatable bonds is 7. The van der Waals surface area contributed by atoms with Gasteiger partial charge in [-0.05, 0) is 54.4 Å². The highest BCUT2D eigenvalue weighted by molar-refractivity contribution is 6.31. The van der Waals surface area contributed by atoms with Gasteiger partial charge in [-0.25, -0.2) is 0 Å². The van der Waals surface area contributed by atoms with Crippen LogP contribution in [0.2, 0.25) is 5.02 Å². The Labute approximate surface area is 175 Å². The summed E-state index contributed by atoms with van der Waals surface area (Å²) in [6, 6.07) is 22.0. The van der Waals surface area contributed by atoms with Gasteiger partial charge in [0, 0.05) is 28.5 Å². The quantitative estimate of drug-likeness (QED) is 0.534. The summed E-state index contributed by atoms with van der Waals surface area (Å²) in [5.41, 5.74) is 3.95. The fraction of sp³-hybridized carbons (Fsp3) is 0.130. The summed E-state index contributed by atoms with van der Waals surface area (Å²) >= 11 is 6.08. The fourth-order valence-electron chi connectivity index (χ4n) is 2.68. The van der Waals surface area contributed by atoms with Crippen LogP contribution in [0.15, 0.2) is 72.8 Å². The molecule has 0 aromatic heterocycles. The lowest BCUT2D eigenvalue weighted by Gasteiger charge is -2.10. The topological polar surface area (TPSA) is 70.2 Å². The number of carbonyl (C=O) groups excluding carboxylic acids is 2. The summed E-state index contributed by atoms with van der Waals surface area (Å²) in [6.45, 7) is 2.50. The van der Waals surface area contributed by atoms with Crippen LogP contribution in [-0.4, -0.2) is 18.4 Å². The maximum absolute atomic E-state index is 12.2. The smallest absolute Gasteiger partial charge is 0.251 e. The van der Waals surface area contributed by atoms with E-state index in [2.05, 4.69) is 16.0 Å². The van der Waals surface area contributed by atoms with Crippen LogP contribution in [0, 0.1) is 6.92 Å². The van der Waals surface area contributed by atoms with Gasteiger partial charge in [0.15, 0.2) is 0 Å². The number of hydrogen-bond donors (Lipinski definition) is 3. The van der Waals surface area contributed by atoms with Crippen LogP contribution in [0.1, 0.15) is 21.5 Å². The van der Waals surface area contributed by atoms with E-state index in [-0.39, 0.29) is 18.4 Å². The van der Waals surface area contributed by atoms with Crippen molar-refractivity contribution in [1.29, 1.82) is 0 Å². The molecule has 0 aliphatic carbocycles. The van der Waals surface area contributed by atoms with Crippen molar-refractivity contribution in [2.45, 2.75) is 13.5 Å². The third kappa shape index (κ3) is 6.09. The van der Waals surface area contributed by atoms with Gasteiger partial charge in [-0.3, -0.25) is 9.59 Å². The van der Waals surface area contributed by atoms with E-state index in [1.165, 1.54) is 0 Å². The summed E-state index contributed by atoms with van der Waals surface area (Å²) in [5, 5.41) is 9.35. The molecular formula is C23H22ClN3O2. The number of benzene rings is 3. The highest BCUT2D eigenvalue weighted by Crippen LogP contribution is 2.19. The van der Waals surface area contributed by atoms with Crippen LogP contribution in [0.5, 0.6) is 0 Å². The van der Waals surface area contributed by atoms with Crippen molar-refractivity contribution in [3.63, 3.8) is 0 Å². The summed E-state index contributed by atoms with van der Waals surface area (Å²) < 4.78 is 0. The van der Waals surface area contributed by atoms with Gasteiger partial charge in [0.2, 0.25) is 5.91 Å². The average molecular weight is 408 g/mol. The zero-order valence-corrected chi connectivity index (χ0v) is 16.8. The zero-order valence-electron chi connectivity index (χ0n) is 16.0. The van der Waals surface area contributed by atoms with Crippen LogP contribution in [0.3, 0.4) is 0 Å². The van der Waals surface area contributed by atoms with E-state index in [1.807, 2.05) is 49.4 Å². The monoisotopic (exact) mass is 407 g/mol. The molecule has 0 fully saturated rings. The molecule has 0 bridgehead atoms. The Morgan fingerprint density at radius 1 is 0.897 bits per heavy atom. The molecule has 29 heavy (non-hydrogen) atoms. The fourth-order valence-corrected chi connectivity index (χ4v) is 2.86. The summed E-state index contributed by atoms with van der Waals surface area (Å²) in [5.74, 6) is -0.354. The van der Waals surface area contributed by atoms with Gasteiger partial charge >= 0.3 is 0 Å². The summed E-state index contributed by atoms with van der Waals surface area (Å²) in [4.78, 5) is 24.4. The second kappa shape index (κ2) is 9.75. The third-order valence-electron chi connectivity index (χ3n) is 4.35. The second-order valence-electron chi connectivity index (χ2n) is 6.61. The minimum absolute atomic E-state index is 0.110. The molecule has 0 heterocycles. The van der Waals surface area contributed by atoms with Crippen molar-refractivity contribution >= 4 is 34.8 Å². The molecule has 3 N–H and O–H groups in total. The average Bonchev–Trinajstić information content (AvgIpc) is 2.74. The Morgan fingerprint density at radius 3 is 2.28 bits per heavy atom. The molecule has 0 aliphatic rings. The first-order valence-electron chi connectivity index (χ1n) is 9.23. The zero-order chi connectivity index (χ0) is 20.6. The Bertz CT molecular complexity index is 989. The van der Waals surface area contributed by atoms with Gasteiger partial charge in [0.1, 0.15) is 0 Å². The second-order valence-corrected chi connectivity index (χ2v) is 7.02. The van der Waals surface area contributed by atoms with Gasteiger partial charge < -0.3 is 16.0 Å². The van der Waals surface area contributed by atoms with Crippen LogP contribution in [0.25, 0.3) is 0 Å². The highest BCUT2D eigenvalue weighted by Gasteiger charge is 2.07. The van der Waals surface area contributed by atoms with E-state index < -0.39 is 0 Å². The predicted molar refractivity (Wildman–Crippen MR) is 117 cm³/mol. The maximum Gasteiger partial charge on any atom is 0.251 e. The predicted octanol–water partition coefficient (Wildman–Crippen LogP) is 4.63. The molecule has 0 unspecified atom stereocenters. The Morgan fingerprint density at radius 2 is 1.59 bits per heavy atom. The molecule has 6 heteroatoms. The lowest BCUT2D eigenvalue weighted by Crippen LogP contribution is -2.23. The molecule has 2 amide bonds. The SMILES string of the molecule is Cc1ccc(NCC(=O)Nc2ccc(C(=O)NCc3ccccc3)cc2)cc1Cl. The minimum Gasteiger partial charge on any atom is -0.376 e. The van der Waals surface area contributed by atoms with Crippen LogP contribution < -0.4 is 16.0 Å². The minimum atomic E-state index is -0.192. The Kier molecular flexibility index (Phi) is 6.87. The van der Waals surface area contributed by atoms with Gasteiger partial charge in [0.05, 0.1) is 6.54 Å². The molecule has 0 saturated heterocycles. The molecule has 3 aromatic carbocycles. The number of hydrogen-bond acceptors (Lipinski definition) is 3. The van der Waals surface area contributed by atoms with Gasteiger partial charge in [0.25, 0.3) is 5.91 Å². The molecule has 0 spiro atoms. The number of halogens is 1. The van der Waals surface area contributed by atoms with E-state index in [0.717, 1.165) is 16.8 Å². The molecule has 0 saturated carbocycles. The standard InChI is InChI=1S/C23H22ClN3O2/c1-16-7-10-20(13-21(16)24)25-15-22(28)27-19-11-8-18(9-12-19)23(29)26-14-17-5-3-2-4-6-17/h2-13,25H,14-15H2,1H3,(H,26,29)(H,27,28). The Hall–Kier alpha value is -3.31. The summed E-state index contributed by atoms with van der Waals surface area (Å²) in [7, 11) is 0. The lowest BCUT2D eigenvalue weighted by molar-refractivity contribution is -0.114. The Balaban J connectivity index is 1.48. The number of nitrogens with one attached hydrogen (secondary N) is 3. The van der Waals surface area contributed by atoms with E-state index in [1.54, 1.807) is 30.3 Å². The summed E-state index contributed by atoms with van der Waals surface area (Å²) in [6.07, 6.45) is 0. The van der Waals surface area contributed by atoms with Crippen LogP contribution >= 0.6 is 11.6 Å². The van der Waals surface area contributed by atoms with Crippen molar-refractivity contribution in [1.82, 2.24) is 5.32 Å². The maximum atomic E-state index is 12.2. The van der Waals surface area contributed by atoms with Crippen molar-refractivity contribution in [2.24, 2.45) is 0 Å². The van der Waals surface area contributed by atoms with Crippen molar-refractivity contribution in [3.05, 3.63) is 94.5 Å². The van der Waals surface area contributed by atoms with E-state index >= 15 is 0 Å². The third-order valence-corrected chi connectivity index (χ3v) is 4.76. The highest BCUT2D eigenvalue weighted by atomic mass is 35.5. The van der Waals surface area contributed by atoms with Gasteiger partial charge in [-0.2, -0.15) is 0 Å². The number of carbonyl (C=O) groups is 2. The lowest BCUT2D eigenvalue weighted by atomic mass is 10.1. The first-order valence-corrected chi connectivity index (χ1v) is 9.61. The molecule has 0 aliphatic heterocycles. The first-order chi connectivity index (χ1) is 14.0. The van der Waals surface area contributed by atoms with Crippen LogP contribution in [0.4, 0.5) is 11.4 Å². The molecule has 3 rings (SSSR count). The first kappa shape index (κ1) is 20.4.